The first kappa shape index (κ1) is 12.3. The Hall–Kier alpha value is -1.19. The highest BCUT2D eigenvalue weighted by Gasteiger charge is 2.16. The quantitative estimate of drug-likeness (QED) is 0.901. The van der Waals surface area contributed by atoms with Gasteiger partial charge in [-0.2, -0.15) is 0 Å². The number of aromatic nitrogens is 1. The maximum atomic E-state index is 6.32. The number of aryl methyl sites for hydroxylation is 3. The van der Waals surface area contributed by atoms with Gasteiger partial charge in [0, 0.05) is 4.88 Å². The molecule has 0 saturated heterocycles. The fourth-order valence-electron chi connectivity index (χ4n) is 1.92. The zero-order valence-electron chi connectivity index (χ0n) is 10.5. The second kappa shape index (κ2) is 4.98. The van der Waals surface area contributed by atoms with Gasteiger partial charge >= 0.3 is 0 Å². The highest BCUT2D eigenvalue weighted by Crippen LogP contribution is 2.28. The summed E-state index contributed by atoms with van der Waals surface area (Å²) in [4.78, 5) is 5.81. The monoisotopic (exact) mass is 246 g/mol. The maximum Gasteiger partial charge on any atom is 0.114 e. The van der Waals surface area contributed by atoms with E-state index in [1.807, 2.05) is 13.0 Å². The van der Waals surface area contributed by atoms with Gasteiger partial charge in [0.05, 0.1) is 11.7 Å². The number of hydrogen-bond donors (Lipinski definition) is 1. The molecule has 2 N–H and O–H groups in total. The Morgan fingerprint density at radius 2 is 2.00 bits per heavy atom. The molecule has 0 radical (unpaired) electrons. The zero-order chi connectivity index (χ0) is 12.4. The third kappa shape index (κ3) is 2.40. The van der Waals surface area contributed by atoms with E-state index in [4.69, 9.17) is 5.73 Å². The number of nitrogens with zero attached hydrogens (tertiary/aromatic N) is 1. The Labute approximate surface area is 107 Å². The highest BCUT2D eigenvalue weighted by molar-refractivity contribution is 7.11. The standard InChI is InChI=1S/C14H18N2S/c1-4-11-7-5-6-8-12(11)13(15)14-16-9(2)10(3)17-14/h5-8,13H,4,15H2,1-3H3. The van der Waals surface area contributed by atoms with E-state index in [2.05, 4.69) is 37.0 Å². The SMILES string of the molecule is CCc1ccccc1C(N)c1nc(C)c(C)s1. The predicted octanol–water partition coefficient (Wildman–Crippen LogP) is 3.37. The van der Waals surface area contributed by atoms with Crippen LogP contribution in [0.1, 0.15) is 39.7 Å². The van der Waals surface area contributed by atoms with Gasteiger partial charge in [-0.05, 0) is 31.4 Å². The first-order chi connectivity index (χ1) is 8.13. The number of nitrogens with two attached hydrogens (primary N) is 1. The fourth-order valence-corrected chi connectivity index (χ4v) is 2.87. The van der Waals surface area contributed by atoms with Crippen molar-refractivity contribution in [3.05, 3.63) is 51.0 Å². The summed E-state index contributed by atoms with van der Waals surface area (Å²) >= 11 is 1.70. The lowest BCUT2D eigenvalue weighted by molar-refractivity contribution is 0.833. The summed E-state index contributed by atoms with van der Waals surface area (Å²) in [6, 6.07) is 8.26. The van der Waals surface area contributed by atoms with E-state index in [0.717, 1.165) is 17.1 Å². The van der Waals surface area contributed by atoms with Crippen molar-refractivity contribution >= 4 is 11.3 Å². The van der Waals surface area contributed by atoms with Crippen molar-refractivity contribution in [3.63, 3.8) is 0 Å². The van der Waals surface area contributed by atoms with Gasteiger partial charge in [0.15, 0.2) is 0 Å². The summed E-state index contributed by atoms with van der Waals surface area (Å²) in [5, 5.41) is 1.01. The molecule has 0 bridgehead atoms. The van der Waals surface area contributed by atoms with Gasteiger partial charge in [0.1, 0.15) is 5.01 Å². The molecule has 1 aromatic heterocycles. The summed E-state index contributed by atoms with van der Waals surface area (Å²) in [7, 11) is 0. The summed E-state index contributed by atoms with van der Waals surface area (Å²) in [5.41, 5.74) is 9.92. The molecule has 3 heteroatoms. The molecule has 1 aromatic carbocycles. The van der Waals surface area contributed by atoms with E-state index in [1.165, 1.54) is 16.0 Å². The molecule has 2 aromatic rings. The molecular weight excluding hydrogens is 228 g/mol. The minimum Gasteiger partial charge on any atom is -0.318 e. The van der Waals surface area contributed by atoms with Gasteiger partial charge in [0.2, 0.25) is 0 Å². The largest absolute Gasteiger partial charge is 0.318 e. The van der Waals surface area contributed by atoms with Crippen molar-refractivity contribution in [2.24, 2.45) is 5.73 Å². The summed E-state index contributed by atoms with van der Waals surface area (Å²) in [5.74, 6) is 0. The Morgan fingerprint density at radius 3 is 2.59 bits per heavy atom. The van der Waals surface area contributed by atoms with Crippen LogP contribution in [0.5, 0.6) is 0 Å². The lowest BCUT2D eigenvalue weighted by atomic mass is 9.99. The van der Waals surface area contributed by atoms with Crippen LogP contribution in [-0.2, 0) is 6.42 Å². The van der Waals surface area contributed by atoms with Crippen LogP contribution >= 0.6 is 11.3 Å². The Kier molecular flexibility index (Phi) is 3.60. The van der Waals surface area contributed by atoms with Crippen molar-refractivity contribution in [1.29, 1.82) is 0 Å². The molecule has 1 atom stereocenters. The summed E-state index contributed by atoms with van der Waals surface area (Å²) in [6.45, 7) is 6.28. The van der Waals surface area contributed by atoms with Crippen molar-refractivity contribution in [3.8, 4) is 0 Å². The van der Waals surface area contributed by atoms with Crippen LogP contribution in [0, 0.1) is 13.8 Å². The second-order valence-electron chi connectivity index (χ2n) is 4.22. The fraction of sp³-hybridized carbons (Fsp3) is 0.357. The average Bonchev–Trinajstić information content (AvgIpc) is 2.68. The van der Waals surface area contributed by atoms with Crippen LogP contribution in [0.15, 0.2) is 24.3 Å². The Balaban J connectivity index is 2.39. The van der Waals surface area contributed by atoms with Crippen LogP contribution in [-0.4, -0.2) is 4.98 Å². The van der Waals surface area contributed by atoms with E-state index in [-0.39, 0.29) is 6.04 Å². The zero-order valence-corrected chi connectivity index (χ0v) is 11.3. The van der Waals surface area contributed by atoms with E-state index < -0.39 is 0 Å². The number of thiazole rings is 1. The van der Waals surface area contributed by atoms with Crippen molar-refractivity contribution < 1.29 is 0 Å². The van der Waals surface area contributed by atoms with Gasteiger partial charge in [-0.1, -0.05) is 31.2 Å². The maximum absolute atomic E-state index is 6.32. The van der Waals surface area contributed by atoms with Gasteiger partial charge in [-0.15, -0.1) is 11.3 Å². The number of hydrogen-bond acceptors (Lipinski definition) is 3. The molecule has 0 aliphatic carbocycles. The first-order valence-electron chi connectivity index (χ1n) is 5.90. The molecule has 2 rings (SSSR count). The summed E-state index contributed by atoms with van der Waals surface area (Å²) < 4.78 is 0. The van der Waals surface area contributed by atoms with Gasteiger partial charge in [-0.3, -0.25) is 0 Å². The minimum absolute atomic E-state index is 0.0939. The highest BCUT2D eigenvalue weighted by atomic mass is 32.1. The van der Waals surface area contributed by atoms with Crippen molar-refractivity contribution in [2.45, 2.75) is 33.2 Å². The molecular formula is C14H18N2S. The molecule has 0 amide bonds. The molecule has 90 valence electrons. The van der Waals surface area contributed by atoms with Crippen molar-refractivity contribution in [2.75, 3.05) is 0 Å². The van der Waals surface area contributed by atoms with Crippen LogP contribution in [0.3, 0.4) is 0 Å². The van der Waals surface area contributed by atoms with E-state index in [1.54, 1.807) is 11.3 Å². The molecule has 17 heavy (non-hydrogen) atoms. The van der Waals surface area contributed by atoms with Gasteiger partial charge in [0.25, 0.3) is 0 Å². The molecule has 0 aliphatic rings. The second-order valence-corrected chi connectivity index (χ2v) is 5.46. The molecule has 2 nitrogen and oxygen atoms in total. The Bertz CT molecular complexity index is 497. The summed E-state index contributed by atoms with van der Waals surface area (Å²) in [6.07, 6.45) is 1.01. The van der Waals surface area contributed by atoms with E-state index >= 15 is 0 Å². The first-order valence-corrected chi connectivity index (χ1v) is 6.72. The van der Waals surface area contributed by atoms with E-state index in [9.17, 15) is 0 Å². The predicted molar refractivity (Wildman–Crippen MR) is 73.4 cm³/mol. The van der Waals surface area contributed by atoms with Crippen LogP contribution in [0.2, 0.25) is 0 Å². The van der Waals surface area contributed by atoms with Crippen LogP contribution in [0.4, 0.5) is 0 Å². The molecule has 1 unspecified atom stereocenters. The topological polar surface area (TPSA) is 38.9 Å². The van der Waals surface area contributed by atoms with E-state index in [0.29, 0.717) is 0 Å². The molecule has 0 fully saturated rings. The average molecular weight is 246 g/mol. The Morgan fingerprint density at radius 1 is 1.29 bits per heavy atom. The number of rotatable bonds is 3. The lowest BCUT2D eigenvalue weighted by Gasteiger charge is -2.13. The minimum atomic E-state index is -0.0939. The third-order valence-corrected chi connectivity index (χ3v) is 4.24. The smallest absolute Gasteiger partial charge is 0.114 e. The molecule has 0 aliphatic heterocycles. The van der Waals surface area contributed by atoms with Crippen LogP contribution in [0.25, 0.3) is 0 Å². The van der Waals surface area contributed by atoms with Gasteiger partial charge in [-0.25, -0.2) is 4.98 Å². The van der Waals surface area contributed by atoms with Gasteiger partial charge < -0.3 is 5.73 Å². The normalized spacial score (nSPS) is 12.7. The van der Waals surface area contributed by atoms with Crippen molar-refractivity contribution in [1.82, 2.24) is 4.98 Å². The lowest BCUT2D eigenvalue weighted by Crippen LogP contribution is -2.13. The molecule has 0 spiro atoms. The number of benzene rings is 1. The molecule has 1 heterocycles. The van der Waals surface area contributed by atoms with Crippen LogP contribution < -0.4 is 5.73 Å². The third-order valence-electron chi connectivity index (χ3n) is 3.08. The molecule has 0 saturated carbocycles.